The van der Waals surface area contributed by atoms with Gasteiger partial charge in [0.1, 0.15) is 6.10 Å². The highest BCUT2D eigenvalue weighted by Gasteiger charge is 2.30. The van der Waals surface area contributed by atoms with Crippen LogP contribution in [0.4, 0.5) is 4.79 Å². The highest BCUT2D eigenvalue weighted by atomic mass is 16.7. The number of hydrogen-bond acceptors (Lipinski definition) is 4. The molecule has 0 saturated carbocycles. The number of β-amino-alcohol motifs (C(OH)–C–C–N with tert-alkyl or cyclic N) is 1. The number of nitrogens with zero attached hydrogens (tertiary/aromatic N) is 1. The van der Waals surface area contributed by atoms with E-state index in [1.165, 1.54) is 4.90 Å². The third-order valence-corrected chi connectivity index (χ3v) is 3.18. The highest BCUT2D eigenvalue weighted by Crippen LogP contribution is 2.38. The number of amides is 1. The van der Waals surface area contributed by atoms with Crippen molar-refractivity contribution in [2.24, 2.45) is 0 Å². The first-order valence-corrected chi connectivity index (χ1v) is 6.38. The second kappa shape index (κ2) is 5.20. The third kappa shape index (κ3) is 2.80. The Balaban J connectivity index is 2.22. The first-order chi connectivity index (χ1) is 9.30. The van der Waals surface area contributed by atoms with E-state index in [0.717, 1.165) is 0 Å². The predicted molar refractivity (Wildman–Crippen MR) is 72.0 cm³/mol. The van der Waals surface area contributed by atoms with Gasteiger partial charge in [0.15, 0.2) is 11.5 Å². The summed E-state index contributed by atoms with van der Waals surface area (Å²) in [5.41, 5.74) is -0.0576. The van der Waals surface area contributed by atoms with Gasteiger partial charge in [0.05, 0.1) is 6.54 Å². The van der Waals surface area contributed by atoms with Crippen LogP contribution in [-0.4, -0.2) is 40.1 Å². The molecule has 0 radical (unpaired) electrons. The normalized spacial score (nSPS) is 15.0. The zero-order valence-electron chi connectivity index (χ0n) is 11.8. The number of hydrogen-bond donors (Lipinski definition) is 2. The van der Waals surface area contributed by atoms with E-state index in [2.05, 4.69) is 0 Å². The Morgan fingerprint density at radius 2 is 2.10 bits per heavy atom. The van der Waals surface area contributed by atoms with Gasteiger partial charge in [0, 0.05) is 11.1 Å². The number of fused-ring (bicyclic) bond motifs is 1. The van der Waals surface area contributed by atoms with Crippen molar-refractivity contribution in [2.45, 2.75) is 32.4 Å². The number of aliphatic hydroxyl groups excluding tert-OH is 1. The SMILES string of the molecule is CC(C)(C)N(CC(O)c1cccc2c1OCO2)C(=O)O. The zero-order valence-corrected chi connectivity index (χ0v) is 11.8. The number of rotatable bonds is 3. The molecule has 1 atom stereocenters. The van der Waals surface area contributed by atoms with Crippen molar-refractivity contribution < 1.29 is 24.5 Å². The van der Waals surface area contributed by atoms with Crippen molar-refractivity contribution in [3.8, 4) is 11.5 Å². The number of carbonyl (C=O) groups is 1. The smallest absolute Gasteiger partial charge is 0.407 e. The Kier molecular flexibility index (Phi) is 3.76. The summed E-state index contributed by atoms with van der Waals surface area (Å²) in [6.07, 6.45) is -2.04. The van der Waals surface area contributed by atoms with Crippen LogP contribution >= 0.6 is 0 Å². The molecule has 6 heteroatoms. The van der Waals surface area contributed by atoms with Crippen molar-refractivity contribution in [2.75, 3.05) is 13.3 Å². The highest BCUT2D eigenvalue weighted by molar-refractivity contribution is 5.66. The lowest BCUT2D eigenvalue weighted by molar-refractivity contribution is 0.0544. The van der Waals surface area contributed by atoms with Gasteiger partial charge in [-0.15, -0.1) is 0 Å². The Bertz CT molecular complexity index is 509. The Hall–Kier alpha value is -1.95. The van der Waals surface area contributed by atoms with Crippen LogP contribution in [0.1, 0.15) is 32.4 Å². The maximum absolute atomic E-state index is 11.3. The molecule has 0 aliphatic carbocycles. The van der Waals surface area contributed by atoms with E-state index in [1.807, 2.05) is 0 Å². The first-order valence-electron chi connectivity index (χ1n) is 6.38. The van der Waals surface area contributed by atoms with Gasteiger partial charge in [-0.2, -0.15) is 0 Å². The summed E-state index contributed by atoms with van der Waals surface area (Å²) in [7, 11) is 0. The third-order valence-electron chi connectivity index (χ3n) is 3.18. The van der Waals surface area contributed by atoms with Crippen molar-refractivity contribution in [3.63, 3.8) is 0 Å². The van der Waals surface area contributed by atoms with Gasteiger partial charge in [-0.1, -0.05) is 12.1 Å². The molecular formula is C14H19NO5. The number of carboxylic acid groups (broad SMARTS) is 1. The monoisotopic (exact) mass is 281 g/mol. The number of para-hydroxylation sites is 1. The average molecular weight is 281 g/mol. The summed E-state index contributed by atoms with van der Waals surface area (Å²) < 4.78 is 10.6. The summed E-state index contributed by atoms with van der Waals surface area (Å²) in [5, 5.41) is 19.6. The van der Waals surface area contributed by atoms with E-state index in [-0.39, 0.29) is 13.3 Å². The number of ether oxygens (including phenoxy) is 2. The Morgan fingerprint density at radius 1 is 1.40 bits per heavy atom. The van der Waals surface area contributed by atoms with Gasteiger partial charge in [-0.25, -0.2) is 4.79 Å². The van der Waals surface area contributed by atoms with Crippen molar-refractivity contribution >= 4 is 6.09 Å². The van der Waals surface area contributed by atoms with Crippen LogP contribution in [0.3, 0.4) is 0 Å². The topological polar surface area (TPSA) is 79.2 Å². The second-order valence-electron chi connectivity index (χ2n) is 5.66. The number of benzene rings is 1. The molecule has 1 aliphatic heterocycles. The van der Waals surface area contributed by atoms with E-state index < -0.39 is 17.7 Å². The van der Waals surface area contributed by atoms with E-state index in [1.54, 1.807) is 39.0 Å². The summed E-state index contributed by atoms with van der Waals surface area (Å²) in [5.74, 6) is 1.05. The molecule has 1 aromatic carbocycles. The molecule has 2 N–H and O–H groups in total. The lowest BCUT2D eigenvalue weighted by atomic mass is 10.0. The lowest BCUT2D eigenvalue weighted by Gasteiger charge is -2.34. The molecule has 1 heterocycles. The van der Waals surface area contributed by atoms with Gasteiger partial charge in [-0.05, 0) is 26.8 Å². The summed E-state index contributed by atoms with van der Waals surface area (Å²) in [4.78, 5) is 12.5. The maximum Gasteiger partial charge on any atom is 0.407 e. The van der Waals surface area contributed by atoms with Crippen LogP contribution in [0.5, 0.6) is 11.5 Å². The maximum atomic E-state index is 11.3. The van der Waals surface area contributed by atoms with Crippen LogP contribution in [0, 0.1) is 0 Å². The van der Waals surface area contributed by atoms with Crippen molar-refractivity contribution in [3.05, 3.63) is 23.8 Å². The van der Waals surface area contributed by atoms with Crippen LogP contribution in [0.2, 0.25) is 0 Å². The van der Waals surface area contributed by atoms with Gasteiger partial charge in [0.2, 0.25) is 6.79 Å². The first kappa shape index (κ1) is 14.5. The van der Waals surface area contributed by atoms with E-state index >= 15 is 0 Å². The van der Waals surface area contributed by atoms with Gasteiger partial charge >= 0.3 is 6.09 Å². The molecule has 0 saturated heterocycles. The fraction of sp³-hybridized carbons (Fsp3) is 0.500. The fourth-order valence-corrected chi connectivity index (χ4v) is 2.13. The number of aliphatic hydroxyl groups is 1. The molecule has 0 aromatic heterocycles. The van der Waals surface area contributed by atoms with E-state index in [0.29, 0.717) is 17.1 Å². The van der Waals surface area contributed by atoms with Crippen molar-refractivity contribution in [1.82, 2.24) is 4.90 Å². The van der Waals surface area contributed by atoms with Crippen molar-refractivity contribution in [1.29, 1.82) is 0 Å². The van der Waals surface area contributed by atoms with Gasteiger partial charge in [-0.3, -0.25) is 0 Å². The average Bonchev–Trinajstić information content (AvgIpc) is 2.81. The Morgan fingerprint density at radius 3 is 2.70 bits per heavy atom. The minimum absolute atomic E-state index is 0.0291. The predicted octanol–water partition coefficient (Wildman–Crippen LogP) is 2.23. The van der Waals surface area contributed by atoms with Gasteiger partial charge in [0.25, 0.3) is 0 Å². The molecular weight excluding hydrogens is 262 g/mol. The minimum atomic E-state index is -1.07. The quantitative estimate of drug-likeness (QED) is 0.888. The summed E-state index contributed by atoms with van der Waals surface area (Å²) in [6.45, 7) is 5.42. The van der Waals surface area contributed by atoms with Gasteiger partial charge < -0.3 is 24.6 Å². The molecule has 20 heavy (non-hydrogen) atoms. The van der Waals surface area contributed by atoms with Crippen LogP contribution in [-0.2, 0) is 0 Å². The largest absolute Gasteiger partial charge is 0.465 e. The molecule has 0 fully saturated rings. The zero-order chi connectivity index (χ0) is 14.9. The molecule has 110 valence electrons. The molecule has 0 spiro atoms. The van der Waals surface area contributed by atoms with E-state index in [4.69, 9.17) is 9.47 Å². The summed E-state index contributed by atoms with van der Waals surface area (Å²) >= 11 is 0. The van der Waals surface area contributed by atoms with E-state index in [9.17, 15) is 15.0 Å². The molecule has 0 bridgehead atoms. The fourth-order valence-electron chi connectivity index (χ4n) is 2.13. The molecule has 2 rings (SSSR count). The summed E-state index contributed by atoms with van der Waals surface area (Å²) in [6, 6.07) is 5.20. The molecule has 1 aliphatic rings. The van der Waals surface area contributed by atoms with Crippen LogP contribution in [0.15, 0.2) is 18.2 Å². The Labute approximate surface area is 117 Å². The standard InChI is InChI=1S/C14H19NO5/c1-14(2,3)15(13(17)18)7-10(16)9-5-4-6-11-12(9)20-8-19-11/h4-6,10,16H,7-8H2,1-3H3,(H,17,18). The molecule has 1 unspecified atom stereocenters. The van der Waals surface area contributed by atoms with Crippen LogP contribution < -0.4 is 9.47 Å². The van der Waals surface area contributed by atoms with Crippen LogP contribution in [0.25, 0.3) is 0 Å². The molecule has 6 nitrogen and oxygen atoms in total. The molecule has 1 aromatic rings. The second-order valence-corrected chi connectivity index (χ2v) is 5.66. The minimum Gasteiger partial charge on any atom is -0.465 e. The molecule has 1 amide bonds. The lowest BCUT2D eigenvalue weighted by Crippen LogP contribution is -2.46.